The van der Waals surface area contributed by atoms with Crippen molar-refractivity contribution in [2.45, 2.75) is 0 Å². The molecule has 0 saturated heterocycles. The average molecular weight is 134 g/mol. The quantitative estimate of drug-likeness (QED) is 0.502. The number of nitrogens with zero attached hydrogens (tertiary/aromatic N) is 2. The topological polar surface area (TPSA) is 41.8 Å². The van der Waals surface area contributed by atoms with Crippen LogP contribution in [0.4, 0.5) is 0 Å². The van der Waals surface area contributed by atoms with Gasteiger partial charge < -0.3 is 0 Å². The summed E-state index contributed by atoms with van der Waals surface area (Å²) in [5.41, 5.74) is 0.521. The maximum Gasteiger partial charge on any atom is 0.151 e. The van der Waals surface area contributed by atoms with E-state index in [0.717, 1.165) is 6.29 Å². The van der Waals surface area contributed by atoms with Gasteiger partial charge in [-0.15, -0.1) is 0 Å². The fraction of sp³-hybridized carbons (Fsp3) is 0. The summed E-state index contributed by atoms with van der Waals surface area (Å²) in [4.78, 5) is 10.2. The van der Waals surface area contributed by atoms with E-state index >= 15 is 0 Å². The molecule has 1 aliphatic heterocycles. The van der Waals surface area contributed by atoms with E-state index in [1.54, 1.807) is 24.4 Å². The molecule has 50 valence electrons. The first kappa shape index (κ1) is 6.61. The minimum absolute atomic E-state index is 0.521. The van der Waals surface area contributed by atoms with E-state index in [9.17, 15) is 4.79 Å². The largest absolute Gasteiger partial charge is 0.298 e. The van der Waals surface area contributed by atoms with Gasteiger partial charge in [-0.1, -0.05) is 12.2 Å². The molecule has 0 aromatic carbocycles. The highest BCUT2D eigenvalue weighted by Crippen LogP contribution is 1.97. The summed E-state index contributed by atoms with van der Waals surface area (Å²) in [5, 5.41) is 7.16. The van der Waals surface area contributed by atoms with Crippen molar-refractivity contribution in [2.24, 2.45) is 10.2 Å². The predicted octanol–water partition coefficient (Wildman–Crippen LogP) is 1.60. The first-order valence-electron chi connectivity index (χ1n) is 2.82. The Kier molecular flexibility index (Phi) is 2.31. The SMILES string of the molecule is O=CC1=CN=NC=CC=C1. The van der Waals surface area contributed by atoms with Gasteiger partial charge in [0.25, 0.3) is 0 Å². The molecule has 0 saturated carbocycles. The highest BCUT2D eigenvalue weighted by Gasteiger charge is 1.85. The normalized spacial score (nSPS) is 15.8. The molecular weight excluding hydrogens is 128 g/mol. The molecule has 0 N–H and O–H groups in total. The summed E-state index contributed by atoms with van der Waals surface area (Å²) in [7, 11) is 0. The number of allylic oxidation sites excluding steroid dienone is 4. The lowest BCUT2D eigenvalue weighted by Gasteiger charge is -1.85. The van der Waals surface area contributed by atoms with Crippen LogP contribution in [0.1, 0.15) is 0 Å². The molecule has 0 fully saturated rings. The van der Waals surface area contributed by atoms with Crippen LogP contribution in [0.5, 0.6) is 0 Å². The molecule has 1 aliphatic rings. The smallest absolute Gasteiger partial charge is 0.151 e. The molecule has 0 atom stereocenters. The van der Waals surface area contributed by atoms with Gasteiger partial charge >= 0.3 is 0 Å². The van der Waals surface area contributed by atoms with Gasteiger partial charge in [0, 0.05) is 11.8 Å². The van der Waals surface area contributed by atoms with E-state index in [1.165, 1.54) is 6.20 Å². The van der Waals surface area contributed by atoms with Crippen molar-refractivity contribution >= 4 is 6.29 Å². The molecule has 0 radical (unpaired) electrons. The maximum absolute atomic E-state index is 10.2. The van der Waals surface area contributed by atoms with Gasteiger partial charge in [0.2, 0.25) is 0 Å². The van der Waals surface area contributed by atoms with Gasteiger partial charge in [0.1, 0.15) is 0 Å². The second-order valence-corrected chi connectivity index (χ2v) is 1.68. The molecule has 0 aromatic rings. The number of aldehydes is 1. The van der Waals surface area contributed by atoms with Crippen LogP contribution in [-0.2, 0) is 4.79 Å². The number of carbonyl (C=O) groups is 1. The average Bonchev–Trinajstić information content (AvgIpc) is 1.87. The van der Waals surface area contributed by atoms with E-state index in [-0.39, 0.29) is 0 Å². The molecule has 10 heavy (non-hydrogen) atoms. The fourth-order valence-electron chi connectivity index (χ4n) is 0.506. The van der Waals surface area contributed by atoms with E-state index in [0.29, 0.717) is 5.57 Å². The first-order valence-corrected chi connectivity index (χ1v) is 2.82. The van der Waals surface area contributed by atoms with E-state index in [1.807, 2.05) is 0 Å². The molecular formula is C7H6N2O. The van der Waals surface area contributed by atoms with Crippen molar-refractivity contribution in [3.63, 3.8) is 0 Å². The van der Waals surface area contributed by atoms with Gasteiger partial charge in [-0.05, 0) is 6.08 Å². The Hall–Kier alpha value is -1.51. The minimum Gasteiger partial charge on any atom is -0.298 e. The summed E-state index contributed by atoms with van der Waals surface area (Å²) >= 11 is 0. The van der Waals surface area contributed by atoms with E-state index < -0.39 is 0 Å². The molecule has 0 aliphatic carbocycles. The second-order valence-electron chi connectivity index (χ2n) is 1.68. The fourth-order valence-corrected chi connectivity index (χ4v) is 0.506. The third-order valence-corrected chi connectivity index (χ3v) is 0.962. The maximum atomic E-state index is 10.2. The molecule has 0 unspecified atom stereocenters. The van der Waals surface area contributed by atoms with E-state index in [2.05, 4.69) is 10.2 Å². The van der Waals surface area contributed by atoms with Crippen molar-refractivity contribution in [2.75, 3.05) is 0 Å². The zero-order chi connectivity index (χ0) is 7.23. The molecule has 3 nitrogen and oxygen atoms in total. The third-order valence-electron chi connectivity index (χ3n) is 0.962. The Morgan fingerprint density at radius 3 is 3.00 bits per heavy atom. The minimum atomic E-state index is 0.521. The van der Waals surface area contributed by atoms with Gasteiger partial charge in [-0.2, -0.15) is 10.2 Å². The number of hydrogen-bond acceptors (Lipinski definition) is 3. The van der Waals surface area contributed by atoms with Crippen LogP contribution >= 0.6 is 0 Å². The predicted molar refractivity (Wildman–Crippen MR) is 37.3 cm³/mol. The number of carbonyl (C=O) groups excluding carboxylic acids is 1. The summed E-state index contributed by atoms with van der Waals surface area (Å²) in [6.07, 6.45) is 8.80. The molecule has 1 rings (SSSR count). The van der Waals surface area contributed by atoms with Crippen LogP contribution in [0, 0.1) is 0 Å². The lowest BCUT2D eigenvalue weighted by Crippen LogP contribution is -1.77. The standard InChI is InChI=1S/C7H6N2O/c10-6-7-3-1-2-4-8-9-5-7/h1-6H. The lowest BCUT2D eigenvalue weighted by molar-refractivity contribution is -0.104. The monoisotopic (exact) mass is 134 g/mol. The summed E-state index contributed by atoms with van der Waals surface area (Å²) in [5.74, 6) is 0. The van der Waals surface area contributed by atoms with Crippen LogP contribution in [-0.4, -0.2) is 6.29 Å². The van der Waals surface area contributed by atoms with Crippen molar-refractivity contribution in [1.29, 1.82) is 0 Å². The highest BCUT2D eigenvalue weighted by molar-refractivity contribution is 5.77. The van der Waals surface area contributed by atoms with Crippen LogP contribution in [0.15, 0.2) is 46.4 Å². The molecule has 0 spiro atoms. The van der Waals surface area contributed by atoms with Crippen LogP contribution < -0.4 is 0 Å². The van der Waals surface area contributed by atoms with Crippen molar-refractivity contribution in [1.82, 2.24) is 0 Å². The zero-order valence-corrected chi connectivity index (χ0v) is 5.27. The molecule has 1 heterocycles. The number of rotatable bonds is 1. The Morgan fingerprint density at radius 2 is 2.20 bits per heavy atom. The second kappa shape index (κ2) is 3.50. The van der Waals surface area contributed by atoms with Crippen molar-refractivity contribution in [3.8, 4) is 0 Å². The highest BCUT2D eigenvalue weighted by atomic mass is 16.1. The summed E-state index contributed by atoms with van der Waals surface area (Å²) < 4.78 is 0. The number of hydrogen-bond donors (Lipinski definition) is 0. The van der Waals surface area contributed by atoms with Crippen molar-refractivity contribution in [3.05, 3.63) is 36.2 Å². The van der Waals surface area contributed by atoms with Gasteiger partial charge in [0.05, 0.1) is 6.20 Å². The number of azo groups is 1. The molecule has 0 amide bonds. The summed E-state index contributed by atoms with van der Waals surface area (Å²) in [6, 6.07) is 0. The van der Waals surface area contributed by atoms with Gasteiger partial charge in [-0.25, -0.2) is 0 Å². The van der Waals surface area contributed by atoms with Crippen LogP contribution in [0.3, 0.4) is 0 Å². The third kappa shape index (κ3) is 1.78. The van der Waals surface area contributed by atoms with Crippen molar-refractivity contribution < 1.29 is 4.79 Å². The summed E-state index contributed by atoms with van der Waals surface area (Å²) in [6.45, 7) is 0. The van der Waals surface area contributed by atoms with E-state index in [4.69, 9.17) is 0 Å². The van der Waals surface area contributed by atoms with Gasteiger partial charge in [-0.3, -0.25) is 4.79 Å². The Balaban J connectivity index is 2.82. The molecule has 3 heteroatoms. The van der Waals surface area contributed by atoms with Crippen LogP contribution in [0.2, 0.25) is 0 Å². The Labute approximate surface area is 58.5 Å². The van der Waals surface area contributed by atoms with Crippen LogP contribution in [0.25, 0.3) is 0 Å². The lowest BCUT2D eigenvalue weighted by atomic mass is 10.3. The Morgan fingerprint density at radius 1 is 1.30 bits per heavy atom. The molecule has 0 aromatic heterocycles. The Bertz CT molecular complexity index is 236. The van der Waals surface area contributed by atoms with Gasteiger partial charge in [0.15, 0.2) is 6.29 Å². The molecule has 0 bridgehead atoms. The first-order chi connectivity index (χ1) is 4.93. The zero-order valence-electron chi connectivity index (χ0n) is 5.27.